The fourth-order valence-electron chi connectivity index (χ4n) is 2.01. The summed E-state index contributed by atoms with van der Waals surface area (Å²) in [6.45, 7) is 1.52. The molecule has 0 aliphatic carbocycles. The number of nitro groups is 1. The molecule has 1 saturated heterocycles. The van der Waals surface area contributed by atoms with Gasteiger partial charge in [-0.15, -0.1) is 12.4 Å². The van der Waals surface area contributed by atoms with Crippen molar-refractivity contribution < 1.29 is 14.8 Å². The largest absolute Gasteiger partial charge is 0.391 e. The third kappa shape index (κ3) is 3.89. The molecule has 8 heteroatoms. The minimum atomic E-state index is -0.540. The molecule has 20 heavy (non-hydrogen) atoms. The van der Waals surface area contributed by atoms with Crippen molar-refractivity contribution in [2.45, 2.75) is 6.10 Å². The zero-order valence-corrected chi connectivity index (χ0v) is 11.4. The second kappa shape index (κ2) is 7.18. The number of carbonyl (C=O) groups is 1. The summed E-state index contributed by atoms with van der Waals surface area (Å²) in [4.78, 5) is 21.9. The number of non-ortho nitro benzene ring substituents is 1. The van der Waals surface area contributed by atoms with E-state index in [2.05, 4.69) is 10.6 Å². The number of nitrogens with zero attached hydrogens (tertiary/aromatic N) is 1. The lowest BCUT2D eigenvalue weighted by Crippen LogP contribution is -2.34. The lowest BCUT2D eigenvalue weighted by atomic mass is 10.1. The van der Waals surface area contributed by atoms with Gasteiger partial charge < -0.3 is 15.7 Å². The second-order valence-corrected chi connectivity index (χ2v) is 4.50. The molecule has 0 spiro atoms. The van der Waals surface area contributed by atoms with Gasteiger partial charge in [0.05, 0.1) is 11.0 Å². The number of hydrogen-bond donors (Lipinski definition) is 3. The van der Waals surface area contributed by atoms with Crippen molar-refractivity contribution in [1.29, 1.82) is 0 Å². The van der Waals surface area contributed by atoms with Crippen LogP contribution in [0.3, 0.4) is 0 Å². The maximum atomic E-state index is 11.8. The number of benzene rings is 1. The van der Waals surface area contributed by atoms with Crippen LogP contribution in [-0.2, 0) is 0 Å². The average Bonchev–Trinajstić information content (AvgIpc) is 2.81. The monoisotopic (exact) mass is 301 g/mol. The summed E-state index contributed by atoms with van der Waals surface area (Å²) in [5.74, 6) is -0.398. The molecule has 2 rings (SSSR count). The van der Waals surface area contributed by atoms with E-state index < -0.39 is 11.0 Å². The van der Waals surface area contributed by atoms with Gasteiger partial charge in [-0.25, -0.2) is 0 Å². The standard InChI is InChI=1S/C12H15N3O4.ClH/c16-11-7-13-5-9(11)6-14-12(17)8-2-1-3-10(4-8)15(18)19;/h1-4,9,11,13,16H,5-7H2,(H,14,17);1H. The van der Waals surface area contributed by atoms with Gasteiger partial charge in [-0.1, -0.05) is 6.07 Å². The van der Waals surface area contributed by atoms with E-state index in [1.54, 1.807) is 0 Å². The molecular weight excluding hydrogens is 286 g/mol. The summed E-state index contributed by atoms with van der Waals surface area (Å²) in [6.07, 6.45) is -0.467. The Morgan fingerprint density at radius 3 is 2.85 bits per heavy atom. The molecule has 110 valence electrons. The Morgan fingerprint density at radius 1 is 1.50 bits per heavy atom. The van der Waals surface area contributed by atoms with Gasteiger partial charge in [0.25, 0.3) is 11.6 Å². The molecule has 3 N–H and O–H groups in total. The smallest absolute Gasteiger partial charge is 0.270 e. The van der Waals surface area contributed by atoms with Crippen molar-refractivity contribution in [3.8, 4) is 0 Å². The molecule has 0 aromatic heterocycles. The number of halogens is 1. The Hall–Kier alpha value is -1.70. The van der Waals surface area contributed by atoms with Gasteiger partial charge in [0, 0.05) is 43.2 Å². The van der Waals surface area contributed by atoms with Crippen molar-refractivity contribution in [3.05, 3.63) is 39.9 Å². The van der Waals surface area contributed by atoms with Gasteiger partial charge >= 0.3 is 0 Å². The molecule has 0 radical (unpaired) electrons. The Bertz CT molecular complexity index is 497. The average molecular weight is 302 g/mol. The Labute approximate surface area is 121 Å². The summed E-state index contributed by atoms with van der Waals surface area (Å²) in [5.41, 5.74) is 0.130. The molecule has 1 aromatic rings. The van der Waals surface area contributed by atoms with Crippen LogP contribution in [0.25, 0.3) is 0 Å². The van der Waals surface area contributed by atoms with E-state index in [1.165, 1.54) is 24.3 Å². The van der Waals surface area contributed by atoms with Gasteiger partial charge in [-0.2, -0.15) is 0 Å². The molecule has 1 fully saturated rings. The fourth-order valence-corrected chi connectivity index (χ4v) is 2.01. The molecule has 0 bridgehead atoms. The highest BCUT2D eigenvalue weighted by Crippen LogP contribution is 2.13. The summed E-state index contributed by atoms with van der Waals surface area (Å²) in [7, 11) is 0. The number of aliphatic hydroxyl groups is 1. The van der Waals surface area contributed by atoms with Crippen LogP contribution in [0.1, 0.15) is 10.4 Å². The summed E-state index contributed by atoms with van der Waals surface area (Å²) in [5, 5.41) is 25.9. The molecular formula is C12H16ClN3O4. The number of nitro benzene ring substituents is 1. The van der Waals surface area contributed by atoms with Crippen LogP contribution in [-0.4, -0.2) is 41.7 Å². The van der Waals surface area contributed by atoms with Gasteiger partial charge in [0.1, 0.15) is 0 Å². The molecule has 1 aliphatic rings. The number of carbonyl (C=O) groups excluding carboxylic acids is 1. The van der Waals surface area contributed by atoms with Gasteiger partial charge in [0.15, 0.2) is 0 Å². The zero-order valence-electron chi connectivity index (χ0n) is 10.6. The third-order valence-electron chi connectivity index (χ3n) is 3.15. The highest BCUT2D eigenvalue weighted by Gasteiger charge is 2.25. The first-order chi connectivity index (χ1) is 9.08. The van der Waals surface area contributed by atoms with Crippen LogP contribution in [0.5, 0.6) is 0 Å². The molecule has 1 aromatic carbocycles. The highest BCUT2D eigenvalue weighted by molar-refractivity contribution is 5.94. The topological polar surface area (TPSA) is 104 Å². The van der Waals surface area contributed by atoms with Crippen molar-refractivity contribution in [2.75, 3.05) is 19.6 Å². The molecule has 1 aliphatic heterocycles. The SMILES string of the molecule is Cl.O=C(NCC1CNCC1O)c1cccc([N+](=O)[O-])c1. The van der Waals surface area contributed by atoms with Crippen molar-refractivity contribution >= 4 is 24.0 Å². The van der Waals surface area contributed by atoms with E-state index in [0.717, 1.165) is 0 Å². The van der Waals surface area contributed by atoms with Gasteiger partial charge in [-0.3, -0.25) is 14.9 Å². The molecule has 0 saturated carbocycles. The minimum absolute atomic E-state index is 0. The first kappa shape index (κ1) is 16.4. The number of aliphatic hydroxyl groups excluding tert-OH is 1. The third-order valence-corrected chi connectivity index (χ3v) is 3.15. The molecule has 1 heterocycles. The van der Waals surface area contributed by atoms with E-state index in [-0.39, 0.29) is 35.5 Å². The first-order valence-electron chi connectivity index (χ1n) is 5.99. The lowest BCUT2D eigenvalue weighted by Gasteiger charge is -2.13. The van der Waals surface area contributed by atoms with Crippen molar-refractivity contribution in [3.63, 3.8) is 0 Å². The normalized spacial score (nSPS) is 21.1. The van der Waals surface area contributed by atoms with Crippen LogP contribution in [0.4, 0.5) is 5.69 Å². The van der Waals surface area contributed by atoms with Crippen molar-refractivity contribution in [2.24, 2.45) is 5.92 Å². The second-order valence-electron chi connectivity index (χ2n) is 4.50. The summed E-state index contributed by atoms with van der Waals surface area (Å²) >= 11 is 0. The van der Waals surface area contributed by atoms with Crippen molar-refractivity contribution in [1.82, 2.24) is 10.6 Å². The maximum absolute atomic E-state index is 11.8. The van der Waals surface area contributed by atoms with Crippen LogP contribution < -0.4 is 10.6 Å². The predicted molar refractivity (Wildman–Crippen MR) is 75.0 cm³/mol. The maximum Gasteiger partial charge on any atom is 0.270 e. The van der Waals surface area contributed by atoms with E-state index in [9.17, 15) is 20.0 Å². The molecule has 2 unspecified atom stereocenters. The minimum Gasteiger partial charge on any atom is -0.391 e. The number of nitrogens with one attached hydrogen (secondary N) is 2. The summed E-state index contributed by atoms with van der Waals surface area (Å²) in [6, 6.07) is 5.56. The fraction of sp³-hybridized carbons (Fsp3) is 0.417. The number of amides is 1. The quantitative estimate of drug-likeness (QED) is 0.549. The van der Waals surface area contributed by atoms with Crippen LogP contribution in [0.15, 0.2) is 24.3 Å². The number of hydrogen-bond acceptors (Lipinski definition) is 5. The van der Waals surface area contributed by atoms with Crippen LogP contribution >= 0.6 is 12.4 Å². The Morgan fingerprint density at radius 2 is 2.25 bits per heavy atom. The van der Waals surface area contributed by atoms with Crippen LogP contribution in [0.2, 0.25) is 0 Å². The van der Waals surface area contributed by atoms with Gasteiger partial charge in [-0.05, 0) is 6.07 Å². The predicted octanol–water partition coefficient (Wildman–Crippen LogP) is 0.327. The van der Waals surface area contributed by atoms with Gasteiger partial charge in [0.2, 0.25) is 0 Å². The van der Waals surface area contributed by atoms with E-state index in [0.29, 0.717) is 19.6 Å². The highest BCUT2D eigenvalue weighted by atomic mass is 35.5. The molecule has 2 atom stereocenters. The molecule has 7 nitrogen and oxygen atoms in total. The zero-order chi connectivity index (χ0) is 13.8. The first-order valence-corrected chi connectivity index (χ1v) is 5.99. The summed E-state index contributed by atoms with van der Waals surface area (Å²) < 4.78 is 0. The number of rotatable bonds is 4. The Kier molecular flexibility index (Phi) is 5.87. The van der Waals surface area contributed by atoms with E-state index in [4.69, 9.17) is 0 Å². The lowest BCUT2D eigenvalue weighted by molar-refractivity contribution is -0.384. The molecule has 1 amide bonds. The van der Waals surface area contributed by atoms with E-state index >= 15 is 0 Å². The Balaban J connectivity index is 0.00000200. The van der Waals surface area contributed by atoms with E-state index in [1.807, 2.05) is 0 Å². The van der Waals surface area contributed by atoms with Crippen LogP contribution in [0, 0.1) is 16.0 Å². The number of β-amino-alcohol motifs (C(OH)–C–C–N with tert-alkyl or cyclic N) is 1.